The lowest BCUT2D eigenvalue weighted by molar-refractivity contribution is -0.139. The number of hydrogen-bond acceptors (Lipinski definition) is 2. The molecular weight excluding hydrogens is 434 g/mol. The van der Waals surface area contributed by atoms with Crippen molar-refractivity contribution in [1.29, 1.82) is 0 Å². The number of hydrogen-bond donors (Lipinski definition) is 1. The van der Waals surface area contributed by atoms with Crippen LogP contribution in [0.2, 0.25) is 0 Å². The highest BCUT2D eigenvalue weighted by molar-refractivity contribution is 5.84. The fraction of sp³-hybridized carbons (Fsp3) is 0.667. The standard InChI is InChI=1S/C30H43N3O2/c1-5-32(29(35)31-30(2,3)4)19-20-10-12-22(13-11-20)28(34)33-17-16-25-24-9-7-6-8-23(24)18-26(25)27(33)21-14-15-21/h6-9,20-22,27H,5,10-19H2,1-4H3,(H,31,35). The first-order chi connectivity index (χ1) is 16.7. The fourth-order valence-corrected chi connectivity index (χ4v) is 6.68. The molecule has 1 aliphatic heterocycles. The van der Waals surface area contributed by atoms with E-state index in [9.17, 15) is 9.59 Å². The van der Waals surface area contributed by atoms with Crippen LogP contribution < -0.4 is 5.32 Å². The van der Waals surface area contributed by atoms with Crippen LogP contribution in [0.15, 0.2) is 29.8 Å². The van der Waals surface area contributed by atoms with E-state index < -0.39 is 0 Å². The van der Waals surface area contributed by atoms with Crippen LogP contribution in [-0.4, -0.2) is 53.0 Å². The van der Waals surface area contributed by atoms with Crippen molar-refractivity contribution in [2.45, 2.75) is 90.6 Å². The zero-order valence-electron chi connectivity index (χ0n) is 22.1. The lowest BCUT2D eigenvalue weighted by atomic mass is 9.80. The second-order valence-corrected chi connectivity index (χ2v) is 12.3. The maximum atomic E-state index is 13.8. The van der Waals surface area contributed by atoms with E-state index in [1.807, 2.05) is 25.7 Å². The second-order valence-electron chi connectivity index (χ2n) is 12.3. The number of carbonyl (C=O) groups is 2. The molecule has 3 aliphatic carbocycles. The number of urea groups is 1. The Hall–Kier alpha value is -2.30. The van der Waals surface area contributed by atoms with Gasteiger partial charge < -0.3 is 15.1 Å². The maximum Gasteiger partial charge on any atom is 0.317 e. The van der Waals surface area contributed by atoms with Gasteiger partial charge in [-0.25, -0.2) is 4.79 Å². The summed E-state index contributed by atoms with van der Waals surface area (Å²) in [6, 6.07) is 9.21. The summed E-state index contributed by atoms with van der Waals surface area (Å²) in [6.07, 6.45) is 8.56. The summed E-state index contributed by atoms with van der Waals surface area (Å²) < 4.78 is 0. The molecule has 3 amide bonds. The van der Waals surface area contributed by atoms with Crippen LogP contribution in [0.3, 0.4) is 0 Å². The van der Waals surface area contributed by atoms with Gasteiger partial charge >= 0.3 is 6.03 Å². The summed E-state index contributed by atoms with van der Waals surface area (Å²) in [4.78, 5) is 30.7. The quantitative estimate of drug-likeness (QED) is 0.596. The predicted octanol–water partition coefficient (Wildman–Crippen LogP) is 5.64. The highest BCUT2D eigenvalue weighted by Crippen LogP contribution is 2.49. The Morgan fingerprint density at radius 1 is 1.06 bits per heavy atom. The van der Waals surface area contributed by atoms with Gasteiger partial charge in [0.05, 0.1) is 6.04 Å². The molecule has 0 aromatic heterocycles. The molecule has 2 fully saturated rings. The Kier molecular flexibility index (Phi) is 6.71. The fourth-order valence-electron chi connectivity index (χ4n) is 6.68. The Bertz CT molecular complexity index is 995. The molecule has 1 N–H and O–H groups in total. The summed E-state index contributed by atoms with van der Waals surface area (Å²) in [5, 5.41) is 3.10. The van der Waals surface area contributed by atoms with E-state index in [0.717, 1.165) is 58.2 Å². The van der Waals surface area contributed by atoms with Crippen molar-refractivity contribution < 1.29 is 9.59 Å². The number of benzene rings is 1. The topological polar surface area (TPSA) is 52.7 Å². The zero-order valence-corrected chi connectivity index (χ0v) is 22.1. The van der Waals surface area contributed by atoms with Crippen molar-refractivity contribution in [1.82, 2.24) is 15.1 Å². The van der Waals surface area contributed by atoms with Gasteiger partial charge in [0, 0.05) is 31.1 Å². The summed E-state index contributed by atoms with van der Waals surface area (Å²) in [5.41, 5.74) is 5.76. The third kappa shape index (κ3) is 5.15. The molecule has 5 nitrogen and oxygen atoms in total. The number of nitrogens with one attached hydrogen (secondary N) is 1. The van der Waals surface area contributed by atoms with E-state index in [0.29, 0.717) is 23.8 Å². The molecule has 0 saturated heterocycles. The normalized spacial score (nSPS) is 26.3. The van der Waals surface area contributed by atoms with Gasteiger partial charge in [0.1, 0.15) is 0 Å². The van der Waals surface area contributed by atoms with E-state index in [4.69, 9.17) is 0 Å². The van der Waals surface area contributed by atoms with Crippen LogP contribution in [0.25, 0.3) is 5.57 Å². The summed E-state index contributed by atoms with van der Waals surface area (Å²) in [6.45, 7) is 10.5. The molecule has 5 rings (SSSR count). The van der Waals surface area contributed by atoms with Gasteiger partial charge in [0.2, 0.25) is 5.91 Å². The molecule has 0 radical (unpaired) electrons. The largest absolute Gasteiger partial charge is 0.335 e. The molecule has 35 heavy (non-hydrogen) atoms. The lowest BCUT2D eigenvalue weighted by Crippen LogP contribution is -2.50. The van der Waals surface area contributed by atoms with E-state index >= 15 is 0 Å². The Morgan fingerprint density at radius 3 is 2.43 bits per heavy atom. The monoisotopic (exact) mass is 477 g/mol. The highest BCUT2D eigenvalue weighted by atomic mass is 16.2. The number of carbonyl (C=O) groups excluding carboxylic acids is 2. The summed E-state index contributed by atoms with van der Waals surface area (Å²) in [5.74, 6) is 1.70. The Morgan fingerprint density at radius 2 is 1.77 bits per heavy atom. The average Bonchev–Trinajstić information content (AvgIpc) is 3.60. The lowest BCUT2D eigenvalue weighted by Gasteiger charge is -2.41. The first-order valence-corrected chi connectivity index (χ1v) is 13.9. The minimum atomic E-state index is -0.225. The van der Waals surface area contributed by atoms with Gasteiger partial charge in [-0.3, -0.25) is 4.79 Å². The SMILES string of the molecule is CCN(CC1CCC(C(=O)N2CCC3=C(Cc4ccccc43)C2C2CC2)CC1)C(=O)NC(C)(C)C. The van der Waals surface area contributed by atoms with Gasteiger partial charge in [0.15, 0.2) is 0 Å². The van der Waals surface area contributed by atoms with E-state index in [1.54, 1.807) is 11.1 Å². The van der Waals surface area contributed by atoms with E-state index in [1.165, 1.54) is 24.0 Å². The molecule has 1 atom stereocenters. The van der Waals surface area contributed by atoms with Crippen LogP contribution in [-0.2, 0) is 11.2 Å². The molecule has 0 spiro atoms. The molecule has 1 aromatic rings. The van der Waals surface area contributed by atoms with Crippen molar-refractivity contribution in [3.63, 3.8) is 0 Å². The molecule has 1 heterocycles. The van der Waals surface area contributed by atoms with Crippen molar-refractivity contribution in [3.8, 4) is 0 Å². The number of amides is 3. The van der Waals surface area contributed by atoms with Gasteiger partial charge in [-0.15, -0.1) is 0 Å². The molecule has 5 heteroatoms. The van der Waals surface area contributed by atoms with Crippen LogP contribution >= 0.6 is 0 Å². The first-order valence-electron chi connectivity index (χ1n) is 13.9. The Labute approximate surface area is 211 Å². The maximum absolute atomic E-state index is 13.8. The molecule has 4 aliphatic rings. The van der Waals surface area contributed by atoms with Crippen LogP contribution in [0, 0.1) is 17.8 Å². The van der Waals surface area contributed by atoms with Gasteiger partial charge in [-0.1, -0.05) is 24.3 Å². The molecule has 1 unspecified atom stereocenters. The Balaban J connectivity index is 1.20. The minimum absolute atomic E-state index is 0.0282. The van der Waals surface area contributed by atoms with Crippen molar-refractivity contribution in [3.05, 3.63) is 41.0 Å². The average molecular weight is 478 g/mol. The molecular formula is C30H43N3O2. The third-order valence-electron chi connectivity index (χ3n) is 8.58. The molecule has 190 valence electrons. The second kappa shape index (κ2) is 9.63. The first kappa shape index (κ1) is 24.4. The highest BCUT2D eigenvalue weighted by Gasteiger charge is 2.46. The predicted molar refractivity (Wildman–Crippen MR) is 141 cm³/mol. The minimum Gasteiger partial charge on any atom is -0.335 e. The molecule has 1 aromatic carbocycles. The van der Waals surface area contributed by atoms with Gasteiger partial charge in [-0.2, -0.15) is 0 Å². The van der Waals surface area contributed by atoms with Gasteiger partial charge in [0.25, 0.3) is 0 Å². The van der Waals surface area contributed by atoms with Crippen LogP contribution in [0.1, 0.15) is 83.8 Å². The van der Waals surface area contributed by atoms with E-state index in [-0.39, 0.29) is 17.5 Å². The van der Waals surface area contributed by atoms with Crippen molar-refractivity contribution in [2.75, 3.05) is 19.6 Å². The number of rotatable bonds is 5. The van der Waals surface area contributed by atoms with Crippen molar-refractivity contribution in [2.24, 2.45) is 17.8 Å². The van der Waals surface area contributed by atoms with Crippen molar-refractivity contribution >= 4 is 17.5 Å². The molecule has 0 bridgehead atoms. The summed E-state index contributed by atoms with van der Waals surface area (Å²) >= 11 is 0. The number of fused-ring (bicyclic) bond motifs is 2. The zero-order chi connectivity index (χ0) is 24.7. The van der Waals surface area contributed by atoms with E-state index in [2.05, 4.69) is 41.4 Å². The van der Waals surface area contributed by atoms with Crippen LogP contribution in [0.4, 0.5) is 4.79 Å². The van der Waals surface area contributed by atoms with Crippen LogP contribution in [0.5, 0.6) is 0 Å². The smallest absolute Gasteiger partial charge is 0.317 e. The molecule has 2 saturated carbocycles. The van der Waals surface area contributed by atoms with Gasteiger partial charge in [-0.05, 0) is 113 Å². The third-order valence-corrected chi connectivity index (χ3v) is 8.58. The number of nitrogens with zero attached hydrogens (tertiary/aromatic N) is 2. The summed E-state index contributed by atoms with van der Waals surface area (Å²) in [7, 11) is 0.